The molecule has 1 heterocycles. The van der Waals surface area contributed by atoms with E-state index in [-0.39, 0.29) is 11.7 Å². The molecule has 1 atom stereocenters. The van der Waals surface area contributed by atoms with Crippen LogP contribution in [-0.2, 0) is 0 Å². The van der Waals surface area contributed by atoms with Crippen molar-refractivity contribution in [3.05, 3.63) is 76.6 Å². The number of H-pyrrole nitrogens is 1. The molecule has 0 saturated carbocycles. The highest BCUT2D eigenvalue weighted by Gasteiger charge is 2.16. The predicted octanol–water partition coefficient (Wildman–Crippen LogP) is 4.22. The van der Waals surface area contributed by atoms with E-state index in [9.17, 15) is 4.39 Å². The standard InChI is InChI=1S/C16H14FN3S/c1-11(12-6-3-2-4-7-12)15-18-16(21)19-20(15)14-9-5-8-13(17)10-14/h2-11H,1H3,(H,19,21). The summed E-state index contributed by atoms with van der Waals surface area (Å²) in [6.07, 6.45) is 0. The lowest BCUT2D eigenvalue weighted by Crippen LogP contribution is -2.08. The molecule has 0 fully saturated rings. The molecule has 1 unspecified atom stereocenters. The number of rotatable bonds is 3. The van der Waals surface area contributed by atoms with Crippen molar-refractivity contribution in [2.45, 2.75) is 12.8 Å². The Morgan fingerprint density at radius 1 is 1.14 bits per heavy atom. The number of hydrogen-bond acceptors (Lipinski definition) is 2. The molecular formula is C16H14FN3S. The van der Waals surface area contributed by atoms with Crippen LogP contribution in [0.1, 0.15) is 24.2 Å². The van der Waals surface area contributed by atoms with Gasteiger partial charge in [-0.25, -0.2) is 14.1 Å². The van der Waals surface area contributed by atoms with E-state index in [1.807, 2.05) is 36.4 Å². The molecule has 0 aliphatic heterocycles. The summed E-state index contributed by atoms with van der Waals surface area (Å²) in [4.78, 5) is 4.39. The van der Waals surface area contributed by atoms with Crippen molar-refractivity contribution in [2.75, 3.05) is 0 Å². The van der Waals surface area contributed by atoms with E-state index in [2.05, 4.69) is 17.0 Å². The van der Waals surface area contributed by atoms with Crippen molar-refractivity contribution in [3.8, 4) is 5.69 Å². The molecule has 0 aliphatic carbocycles. The van der Waals surface area contributed by atoms with E-state index in [1.165, 1.54) is 12.1 Å². The van der Waals surface area contributed by atoms with E-state index in [4.69, 9.17) is 12.2 Å². The predicted molar refractivity (Wildman–Crippen MR) is 82.7 cm³/mol. The highest BCUT2D eigenvalue weighted by molar-refractivity contribution is 7.71. The summed E-state index contributed by atoms with van der Waals surface area (Å²) in [5, 5.41) is 2.99. The largest absolute Gasteiger partial charge is 0.266 e. The summed E-state index contributed by atoms with van der Waals surface area (Å²) in [5.74, 6) is 0.512. The van der Waals surface area contributed by atoms with Gasteiger partial charge in [-0.05, 0) is 36.0 Å². The van der Waals surface area contributed by atoms with Gasteiger partial charge in [-0.1, -0.05) is 43.3 Å². The minimum atomic E-state index is -0.293. The van der Waals surface area contributed by atoms with Gasteiger partial charge in [0.15, 0.2) is 0 Å². The average molecular weight is 299 g/mol. The Labute approximate surface area is 127 Å². The normalized spacial score (nSPS) is 12.3. The van der Waals surface area contributed by atoms with E-state index in [0.29, 0.717) is 10.5 Å². The molecule has 3 nitrogen and oxygen atoms in total. The van der Waals surface area contributed by atoms with Crippen molar-refractivity contribution < 1.29 is 4.39 Å². The zero-order chi connectivity index (χ0) is 14.8. The molecule has 1 N–H and O–H groups in total. The highest BCUT2D eigenvalue weighted by atomic mass is 32.1. The van der Waals surface area contributed by atoms with Gasteiger partial charge < -0.3 is 0 Å². The molecule has 0 bridgehead atoms. The molecule has 106 valence electrons. The number of aromatic amines is 1. The molecule has 3 aromatic rings. The van der Waals surface area contributed by atoms with Crippen molar-refractivity contribution >= 4 is 12.2 Å². The SMILES string of the molecule is CC(c1ccccc1)c1nc(=S)[nH]n1-c1cccc(F)c1. The topological polar surface area (TPSA) is 33.6 Å². The maximum absolute atomic E-state index is 13.4. The number of halogens is 1. The molecule has 21 heavy (non-hydrogen) atoms. The van der Waals surface area contributed by atoms with Crippen LogP contribution in [0.15, 0.2) is 54.6 Å². The Kier molecular flexibility index (Phi) is 3.66. The Balaban J connectivity index is 2.10. The zero-order valence-electron chi connectivity index (χ0n) is 11.5. The molecule has 1 aromatic heterocycles. The second kappa shape index (κ2) is 5.61. The maximum Gasteiger partial charge on any atom is 0.213 e. The van der Waals surface area contributed by atoms with Gasteiger partial charge in [-0.3, -0.25) is 5.10 Å². The van der Waals surface area contributed by atoms with Gasteiger partial charge in [0.05, 0.1) is 5.69 Å². The van der Waals surface area contributed by atoms with E-state index in [1.54, 1.807) is 10.7 Å². The number of nitrogens with one attached hydrogen (secondary N) is 1. The fraction of sp³-hybridized carbons (Fsp3) is 0.125. The number of benzene rings is 2. The van der Waals surface area contributed by atoms with Crippen LogP contribution in [0.3, 0.4) is 0 Å². The molecule has 5 heteroatoms. The first-order chi connectivity index (χ1) is 10.1. The van der Waals surface area contributed by atoms with Crippen LogP contribution >= 0.6 is 12.2 Å². The first-order valence-electron chi connectivity index (χ1n) is 6.65. The lowest BCUT2D eigenvalue weighted by Gasteiger charge is -2.13. The van der Waals surface area contributed by atoms with Crippen molar-refractivity contribution in [1.82, 2.24) is 14.8 Å². The van der Waals surface area contributed by atoms with Crippen molar-refractivity contribution in [3.63, 3.8) is 0 Å². The fourth-order valence-corrected chi connectivity index (χ4v) is 2.51. The third-order valence-electron chi connectivity index (χ3n) is 3.41. The third-order valence-corrected chi connectivity index (χ3v) is 3.59. The van der Waals surface area contributed by atoms with Crippen molar-refractivity contribution in [1.29, 1.82) is 0 Å². The molecule has 2 aromatic carbocycles. The van der Waals surface area contributed by atoms with Crippen molar-refractivity contribution in [2.24, 2.45) is 0 Å². The monoisotopic (exact) mass is 299 g/mol. The van der Waals surface area contributed by atoms with E-state index >= 15 is 0 Å². The molecule has 0 amide bonds. The summed E-state index contributed by atoms with van der Waals surface area (Å²) in [7, 11) is 0. The molecular weight excluding hydrogens is 285 g/mol. The first-order valence-corrected chi connectivity index (χ1v) is 7.06. The maximum atomic E-state index is 13.4. The smallest absolute Gasteiger partial charge is 0.213 e. The molecule has 3 rings (SSSR count). The number of nitrogens with zero attached hydrogens (tertiary/aromatic N) is 2. The molecule has 0 radical (unpaired) electrons. The van der Waals surface area contributed by atoms with Gasteiger partial charge in [0.1, 0.15) is 11.6 Å². The second-order valence-corrected chi connectivity index (χ2v) is 5.22. The quantitative estimate of drug-likeness (QED) is 0.735. The Hall–Kier alpha value is -2.27. The average Bonchev–Trinajstić information content (AvgIpc) is 2.89. The summed E-state index contributed by atoms with van der Waals surface area (Å²) < 4.78 is 15.6. The summed E-state index contributed by atoms with van der Waals surface area (Å²) in [6.45, 7) is 2.05. The fourth-order valence-electron chi connectivity index (χ4n) is 2.33. The van der Waals surface area contributed by atoms with Gasteiger partial charge >= 0.3 is 0 Å². The molecule has 0 saturated heterocycles. The van der Waals surface area contributed by atoms with Crippen LogP contribution in [0.5, 0.6) is 0 Å². The lowest BCUT2D eigenvalue weighted by atomic mass is 10.0. The van der Waals surface area contributed by atoms with Crippen LogP contribution < -0.4 is 0 Å². The van der Waals surface area contributed by atoms with Crippen LogP contribution in [0.25, 0.3) is 5.69 Å². The van der Waals surface area contributed by atoms with Gasteiger partial charge in [0.25, 0.3) is 0 Å². The Bertz CT molecular complexity index is 808. The minimum absolute atomic E-state index is 0.0439. The minimum Gasteiger partial charge on any atom is -0.266 e. The number of hydrogen-bond donors (Lipinski definition) is 1. The van der Waals surface area contributed by atoms with Gasteiger partial charge in [0.2, 0.25) is 4.77 Å². The molecule has 0 aliphatic rings. The van der Waals surface area contributed by atoms with Crippen LogP contribution in [0.2, 0.25) is 0 Å². The second-order valence-electron chi connectivity index (χ2n) is 4.83. The third kappa shape index (κ3) is 2.78. The van der Waals surface area contributed by atoms with Gasteiger partial charge in [-0.2, -0.15) is 0 Å². The van der Waals surface area contributed by atoms with Gasteiger partial charge in [0, 0.05) is 5.92 Å². The van der Waals surface area contributed by atoms with E-state index < -0.39 is 0 Å². The lowest BCUT2D eigenvalue weighted by molar-refractivity contribution is 0.623. The Morgan fingerprint density at radius 3 is 2.62 bits per heavy atom. The zero-order valence-corrected chi connectivity index (χ0v) is 12.3. The highest BCUT2D eigenvalue weighted by Crippen LogP contribution is 2.24. The summed E-state index contributed by atoms with van der Waals surface area (Å²) in [6, 6.07) is 16.4. The first kappa shape index (κ1) is 13.7. The number of aromatic nitrogens is 3. The van der Waals surface area contributed by atoms with Crippen LogP contribution in [0, 0.1) is 10.6 Å². The van der Waals surface area contributed by atoms with Gasteiger partial charge in [-0.15, -0.1) is 0 Å². The molecule has 0 spiro atoms. The summed E-state index contributed by atoms with van der Waals surface area (Å²) in [5.41, 5.74) is 1.81. The summed E-state index contributed by atoms with van der Waals surface area (Å²) >= 11 is 5.14. The van der Waals surface area contributed by atoms with Crippen LogP contribution in [-0.4, -0.2) is 14.8 Å². The van der Waals surface area contributed by atoms with E-state index in [0.717, 1.165) is 11.4 Å². The Morgan fingerprint density at radius 2 is 1.90 bits per heavy atom. The van der Waals surface area contributed by atoms with Crippen LogP contribution in [0.4, 0.5) is 4.39 Å².